The third-order valence-electron chi connectivity index (χ3n) is 3.75. The zero-order chi connectivity index (χ0) is 22.6. The second-order valence-corrected chi connectivity index (χ2v) is 7.36. The van der Waals surface area contributed by atoms with Crippen molar-refractivity contribution in [3.63, 3.8) is 0 Å². The second kappa shape index (κ2) is 12.3. The van der Waals surface area contributed by atoms with E-state index >= 15 is 0 Å². The van der Waals surface area contributed by atoms with Crippen molar-refractivity contribution < 1.29 is 28.6 Å². The second-order valence-electron chi connectivity index (χ2n) is 7.36. The summed E-state index contributed by atoms with van der Waals surface area (Å²) in [7, 11) is 1.21. The highest BCUT2D eigenvalue weighted by Gasteiger charge is 2.25. The molecule has 0 radical (unpaired) electrons. The molecule has 0 saturated heterocycles. The Balaban J connectivity index is 2.58. The molecule has 1 amide bonds. The van der Waals surface area contributed by atoms with Gasteiger partial charge in [-0.15, -0.1) is 0 Å². The molecule has 0 fully saturated rings. The number of carbonyl (C=O) groups is 3. The van der Waals surface area contributed by atoms with Crippen molar-refractivity contribution in [3.8, 4) is 5.75 Å². The first-order chi connectivity index (χ1) is 14.2. The molecular formula is C20H28N4O6. The summed E-state index contributed by atoms with van der Waals surface area (Å²) < 4.78 is 15.3. The molecule has 0 aliphatic rings. The maximum absolute atomic E-state index is 12.4. The Labute approximate surface area is 175 Å². The van der Waals surface area contributed by atoms with Gasteiger partial charge >= 0.3 is 12.1 Å². The molecule has 1 rings (SSSR count). The van der Waals surface area contributed by atoms with E-state index in [0.29, 0.717) is 30.9 Å². The normalized spacial score (nSPS) is 11.6. The first kappa shape index (κ1) is 24.8. The fourth-order valence-corrected chi connectivity index (χ4v) is 2.37. The average molecular weight is 420 g/mol. The Bertz CT molecular complexity index is 766. The lowest BCUT2D eigenvalue weighted by atomic mass is 10.0. The van der Waals surface area contributed by atoms with Crippen LogP contribution in [-0.4, -0.2) is 49.8 Å². The number of Topliss-reactive ketones (excluding diaryl/α,β-unsaturated/α-hetero) is 1. The van der Waals surface area contributed by atoms with Gasteiger partial charge < -0.3 is 19.5 Å². The van der Waals surface area contributed by atoms with Gasteiger partial charge in [-0.3, -0.25) is 4.79 Å². The van der Waals surface area contributed by atoms with E-state index in [-0.39, 0.29) is 18.6 Å². The molecule has 0 aliphatic carbocycles. The summed E-state index contributed by atoms with van der Waals surface area (Å²) >= 11 is 0. The van der Waals surface area contributed by atoms with Crippen molar-refractivity contribution in [2.24, 2.45) is 5.11 Å². The Hall–Kier alpha value is -3.26. The Morgan fingerprint density at radius 1 is 1.20 bits per heavy atom. The predicted molar refractivity (Wildman–Crippen MR) is 109 cm³/mol. The smallest absolute Gasteiger partial charge is 0.408 e. The molecule has 30 heavy (non-hydrogen) atoms. The Kier molecular flexibility index (Phi) is 10.2. The van der Waals surface area contributed by atoms with Gasteiger partial charge in [0.25, 0.3) is 0 Å². The lowest BCUT2D eigenvalue weighted by Crippen LogP contribution is -2.44. The van der Waals surface area contributed by atoms with Crippen LogP contribution < -0.4 is 10.1 Å². The van der Waals surface area contributed by atoms with Gasteiger partial charge in [0.2, 0.25) is 0 Å². The molecule has 0 aliphatic heterocycles. The molecule has 0 aromatic heterocycles. The summed E-state index contributed by atoms with van der Waals surface area (Å²) in [4.78, 5) is 38.9. The number of azide groups is 1. The van der Waals surface area contributed by atoms with Gasteiger partial charge in [0.05, 0.1) is 13.7 Å². The van der Waals surface area contributed by atoms with Crippen LogP contribution in [0.15, 0.2) is 29.4 Å². The van der Waals surface area contributed by atoms with Crippen molar-refractivity contribution in [2.45, 2.75) is 51.7 Å². The molecule has 10 heteroatoms. The number of ketones is 1. The molecule has 0 heterocycles. The summed E-state index contributed by atoms with van der Waals surface area (Å²) in [6.45, 7) is 5.86. The number of nitrogens with one attached hydrogen (secondary N) is 1. The van der Waals surface area contributed by atoms with E-state index in [1.807, 2.05) is 0 Å². The van der Waals surface area contributed by atoms with Crippen molar-refractivity contribution in [2.75, 3.05) is 20.3 Å². The summed E-state index contributed by atoms with van der Waals surface area (Å²) in [5, 5.41) is 5.86. The van der Waals surface area contributed by atoms with Gasteiger partial charge in [0.15, 0.2) is 5.78 Å². The first-order valence-corrected chi connectivity index (χ1v) is 9.50. The van der Waals surface area contributed by atoms with Crippen LogP contribution in [0.2, 0.25) is 0 Å². The molecule has 1 aromatic rings. The van der Waals surface area contributed by atoms with Crippen LogP contribution in [-0.2, 0) is 14.3 Å². The number of ether oxygens (including phenoxy) is 3. The van der Waals surface area contributed by atoms with Gasteiger partial charge in [-0.1, -0.05) is 5.11 Å². The van der Waals surface area contributed by atoms with Crippen LogP contribution in [0.3, 0.4) is 0 Å². The van der Waals surface area contributed by atoms with E-state index in [4.69, 9.17) is 19.7 Å². The fraction of sp³-hybridized carbons (Fsp3) is 0.550. The van der Waals surface area contributed by atoms with E-state index in [2.05, 4.69) is 15.3 Å². The van der Waals surface area contributed by atoms with Crippen molar-refractivity contribution in [1.29, 1.82) is 0 Å². The van der Waals surface area contributed by atoms with E-state index in [0.717, 1.165) is 0 Å². The minimum Gasteiger partial charge on any atom is -0.494 e. The molecule has 10 nitrogen and oxygen atoms in total. The van der Waals surface area contributed by atoms with Gasteiger partial charge in [0, 0.05) is 23.4 Å². The van der Waals surface area contributed by atoms with Gasteiger partial charge in [-0.05, 0) is 63.4 Å². The monoisotopic (exact) mass is 420 g/mol. The summed E-state index contributed by atoms with van der Waals surface area (Å²) in [6, 6.07) is 5.58. The van der Waals surface area contributed by atoms with E-state index in [9.17, 15) is 14.4 Å². The lowest BCUT2D eigenvalue weighted by molar-refractivity contribution is -0.143. The van der Waals surface area contributed by atoms with Crippen molar-refractivity contribution >= 4 is 17.8 Å². The zero-order valence-corrected chi connectivity index (χ0v) is 17.7. The van der Waals surface area contributed by atoms with Crippen LogP contribution >= 0.6 is 0 Å². The molecule has 0 bridgehead atoms. The topological polar surface area (TPSA) is 140 Å². The summed E-state index contributed by atoms with van der Waals surface area (Å²) in [5.74, 6) is -0.255. The highest BCUT2D eigenvalue weighted by atomic mass is 16.6. The largest absolute Gasteiger partial charge is 0.494 e. The molecular weight excluding hydrogens is 392 g/mol. The van der Waals surface area contributed by atoms with E-state index in [1.54, 1.807) is 45.0 Å². The first-order valence-electron chi connectivity index (χ1n) is 9.50. The van der Waals surface area contributed by atoms with E-state index < -0.39 is 23.7 Å². The summed E-state index contributed by atoms with van der Waals surface area (Å²) in [5.41, 5.74) is 7.95. The zero-order valence-electron chi connectivity index (χ0n) is 17.7. The maximum atomic E-state index is 12.4. The molecule has 1 atom stereocenters. The van der Waals surface area contributed by atoms with Crippen molar-refractivity contribution in [1.82, 2.24) is 5.32 Å². The van der Waals surface area contributed by atoms with E-state index in [1.165, 1.54) is 7.11 Å². The van der Waals surface area contributed by atoms with Crippen LogP contribution in [0.1, 0.15) is 50.4 Å². The van der Waals surface area contributed by atoms with Gasteiger partial charge in [0.1, 0.15) is 17.4 Å². The van der Waals surface area contributed by atoms with Gasteiger partial charge in [-0.2, -0.15) is 0 Å². The molecule has 0 saturated carbocycles. The molecule has 1 aromatic carbocycles. The minimum absolute atomic E-state index is 0.0297. The standard InChI is InChI=1S/C20H28N4O6/c1-20(2,3)30-19(27)23-16(18(26)28-4)10-11-17(25)14-6-8-15(9-7-14)29-13-5-12-22-24-21/h6-9,16H,5,10-13H2,1-4H3,(H,23,27). The number of benzene rings is 1. The number of hydrogen-bond acceptors (Lipinski definition) is 7. The number of rotatable bonds is 11. The number of carbonyl (C=O) groups excluding carboxylic acids is 3. The quantitative estimate of drug-likeness (QED) is 0.144. The SMILES string of the molecule is COC(=O)C(CCC(=O)c1ccc(OCCCN=[N+]=[N-])cc1)NC(=O)OC(C)(C)C. The number of nitrogens with zero attached hydrogens (tertiary/aromatic N) is 3. The highest BCUT2D eigenvalue weighted by Crippen LogP contribution is 2.15. The number of amides is 1. The molecule has 1 unspecified atom stereocenters. The van der Waals surface area contributed by atoms with Crippen molar-refractivity contribution in [3.05, 3.63) is 40.3 Å². The van der Waals surface area contributed by atoms with Crippen LogP contribution in [0.4, 0.5) is 4.79 Å². The van der Waals surface area contributed by atoms with Crippen LogP contribution in [0.25, 0.3) is 10.4 Å². The number of hydrogen-bond donors (Lipinski definition) is 1. The fourth-order valence-electron chi connectivity index (χ4n) is 2.37. The van der Waals surface area contributed by atoms with Crippen LogP contribution in [0.5, 0.6) is 5.75 Å². The van der Waals surface area contributed by atoms with Crippen LogP contribution in [0, 0.1) is 0 Å². The Morgan fingerprint density at radius 3 is 2.43 bits per heavy atom. The number of esters is 1. The predicted octanol–water partition coefficient (Wildman–Crippen LogP) is 3.80. The highest BCUT2D eigenvalue weighted by molar-refractivity contribution is 5.96. The third-order valence-corrected chi connectivity index (χ3v) is 3.75. The average Bonchev–Trinajstić information content (AvgIpc) is 2.69. The minimum atomic E-state index is -0.993. The lowest BCUT2D eigenvalue weighted by Gasteiger charge is -2.22. The Morgan fingerprint density at radius 2 is 1.87 bits per heavy atom. The maximum Gasteiger partial charge on any atom is 0.408 e. The van der Waals surface area contributed by atoms with Gasteiger partial charge in [-0.25, -0.2) is 9.59 Å². The summed E-state index contributed by atoms with van der Waals surface area (Å²) in [6.07, 6.45) is -0.0680. The molecule has 164 valence electrons. The molecule has 1 N–H and O–H groups in total. The number of alkyl carbamates (subject to hydrolysis) is 1. The third kappa shape index (κ3) is 9.79. The number of methoxy groups -OCH3 is 1. The molecule has 0 spiro atoms.